The van der Waals surface area contributed by atoms with Crippen molar-refractivity contribution in [2.75, 3.05) is 19.6 Å². The molecular formula is C20H26N2O4. The van der Waals surface area contributed by atoms with Crippen molar-refractivity contribution in [3.05, 3.63) is 56.9 Å². The quantitative estimate of drug-likeness (QED) is 0.757. The van der Waals surface area contributed by atoms with Crippen LogP contribution in [0.2, 0.25) is 0 Å². The van der Waals surface area contributed by atoms with E-state index in [1.165, 1.54) is 17.8 Å². The fourth-order valence-corrected chi connectivity index (χ4v) is 3.07. The van der Waals surface area contributed by atoms with Crippen molar-refractivity contribution in [3.63, 3.8) is 0 Å². The summed E-state index contributed by atoms with van der Waals surface area (Å²) in [5, 5.41) is 9.18. The first-order chi connectivity index (χ1) is 12.4. The van der Waals surface area contributed by atoms with Gasteiger partial charge in [0, 0.05) is 32.0 Å². The first kappa shape index (κ1) is 19.7. The zero-order chi connectivity index (χ0) is 19.3. The van der Waals surface area contributed by atoms with Gasteiger partial charge in [-0.2, -0.15) is 0 Å². The van der Waals surface area contributed by atoms with Gasteiger partial charge in [-0.3, -0.25) is 9.47 Å². The average molecular weight is 358 g/mol. The molecule has 6 heteroatoms. The Morgan fingerprint density at radius 2 is 2.00 bits per heavy atom. The molecule has 0 aliphatic carbocycles. The van der Waals surface area contributed by atoms with E-state index < -0.39 is 11.4 Å². The Kier molecular flexibility index (Phi) is 6.58. The second-order valence-corrected chi connectivity index (χ2v) is 6.31. The molecular weight excluding hydrogens is 332 g/mol. The van der Waals surface area contributed by atoms with Crippen molar-refractivity contribution in [1.29, 1.82) is 0 Å². The van der Waals surface area contributed by atoms with E-state index in [-0.39, 0.29) is 5.56 Å². The number of hydrogen-bond acceptors (Lipinski definition) is 4. The van der Waals surface area contributed by atoms with Gasteiger partial charge in [0.25, 0.3) is 0 Å². The number of ether oxygens (including phenoxy) is 1. The zero-order valence-electron chi connectivity index (χ0n) is 15.8. The third-order valence-corrected chi connectivity index (χ3v) is 4.44. The number of carboxylic acids is 1. The molecule has 2 rings (SSSR count). The van der Waals surface area contributed by atoms with Gasteiger partial charge in [-0.05, 0) is 42.5 Å². The molecule has 26 heavy (non-hydrogen) atoms. The lowest BCUT2D eigenvalue weighted by Crippen LogP contribution is -2.22. The van der Waals surface area contributed by atoms with E-state index in [4.69, 9.17) is 4.74 Å². The van der Waals surface area contributed by atoms with Crippen LogP contribution < -0.4 is 10.9 Å². The molecule has 0 unspecified atom stereocenters. The van der Waals surface area contributed by atoms with Crippen LogP contribution in [0.4, 0.5) is 0 Å². The molecule has 0 saturated heterocycles. The minimum Gasteiger partial charge on any atom is -0.477 e. The molecule has 0 saturated carbocycles. The van der Waals surface area contributed by atoms with Crippen LogP contribution in [-0.4, -0.2) is 29.9 Å². The molecule has 0 radical (unpaired) electrons. The predicted octanol–water partition coefficient (Wildman–Crippen LogP) is 3.18. The smallest absolute Gasteiger partial charge is 0.341 e. The van der Waals surface area contributed by atoms with Crippen LogP contribution in [0.15, 0.2) is 29.2 Å². The number of aryl methyl sites for hydroxylation is 2. The van der Waals surface area contributed by atoms with Gasteiger partial charge in [-0.1, -0.05) is 19.4 Å². The van der Waals surface area contributed by atoms with Gasteiger partial charge in [0.2, 0.25) is 0 Å². The fraction of sp³-hybridized carbons (Fsp3) is 0.400. The molecule has 0 bridgehead atoms. The Morgan fingerprint density at radius 3 is 2.58 bits per heavy atom. The summed E-state index contributed by atoms with van der Waals surface area (Å²) in [5.41, 5.74) is 7.01. The van der Waals surface area contributed by atoms with Crippen molar-refractivity contribution in [2.24, 2.45) is 0 Å². The largest absolute Gasteiger partial charge is 0.477 e. The van der Waals surface area contributed by atoms with E-state index in [9.17, 15) is 14.7 Å². The van der Waals surface area contributed by atoms with Crippen LogP contribution in [-0.2, 0) is 17.8 Å². The van der Waals surface area contributed by atoms with E-state index in [0.717, 1.165) is 36.0 Å². The summed E-state index contributed by atoms with van der Waals surface area (Å²) in [4.78, 5) is 23.4. The minimum absolute atomic E-state index is 0.266. The Morgan fingerprint density at radius 1 is 1.27 bits per heavy atom. The average Bonchev–Trinajstić information content (AvgIpc) is 2.61. The number of nitrogens with zero attached hydrogens (tertiary/aromatic N) is 1. The van der Waals surface area contributed by atoms with Crippen molar-refractivity contribution >= 4 is 5.97 Å². The molecule has 0 aliphatic heterocycles. The molecule has 0 spiro atoms. The maximum atomic E-state index is 12.2. The Labute approximate surface area is 153 Å². The summed E-state index contributed by atoms with van der Waals surface area (Å²) in [6.07, 6.45) is 4.51. The van der Waals surface area contributed by atoms with Gasteiger partial charge >= 0.3 is 5.97 Å². The third-order valence-electron chi connectivity index (χ3n) is 4.44. The summed E-state index contributed by atoms with van der Waals surface area (Å²) in [5.74, 6) is -1.24. The van der Waals surface area contributed by atoms with Gasteiger partial charge in [0.15, 0.2) is 5.43 Å². The topological polar surface area (TPSA) is 80.6 Å². The summed E-state index contributed by atoms with van der Waals surface area (Å²) in [7, 11) is 3.34. The van der Waals surface area contributed by atoms with Crippen LogP contribution in [0.3, 0.4) is 0 Å². The lowest BCUT2D eigenvalue weighted by molar-refractivity contribution is 0.0694. The van der Waals surface area contributed by atoms with Crippen molar-refractivity contribution in [3.8, 4) is 11.3 Å². The number of rotatable bonds is 8. The third kappa shape index (κ3) is 4.14. The molecule has 0 atom stereocenters. The number of carboxylic acid groups (broad SMARTS) is 1. The van der Waals surface area contributed by atoms with E-state index in [2.05, 4.69) is 18.4 Å². The number of carbonyl (C=O) groups is 1. The van der Waals surface area contributed by atoms with Gasteiger partial charge in [0.1, 0.15) is 5.56 Å². The Bertz CT molecular complexity index is 856. The summed E-state index contributed by atoms with van der Waals surface area (Å²) < 4.78 is 6.91. The van der Waals surface area contributed by atoms with Gasteiger partial charge in [-0.15, -0.1) is 0 Å². The van der Waals surface area contributed by atoms with Gasteiger partial charge in [-0.25, -0.2) is 4.79 Å². The maximum absolute atomic E-state index is 12.2. The highest BCUT2D eigenvalue weighted by atomic mass is 16.5. The molecule has 0 aliphatic rings. The van der Waals surface area contributed by atoms with Crippen LogP contribution in [0, 0.1) is 6.92 Å². The van der Waals surface area contributed by atoms with Crippen molar-refractivity contribution in [1.82, 2.24) is 4.68 Å². The summed E-state index contributed by atoms with van der Waals surface area (Å²) in [6, 6.07) is 5.53. The second-order valence-electron chi connectivity index (χ2n) is 6.31. The molecule has 2 N–H and O–H groups in total. The van der Waals surface area contributed by atoms with Crippen LogP contribution in [0.25, 0.3) is 11.3 Å². The van der Waals surface area contributed by atoms with Gasteiger partial charge < -0.3 is 15.3 Å². The Balaban J connectivity index is 2.64. The zero-order valence-corrected chi connectivity index (χ0v) is 15.8. The number of pyridine rings is 1. The summed E-state index contributed by atoms with van der Waals surface area (Å²) >= 11 is 0. The molecule has 1 aromatic carbocycles. The van der Waals surface area contributed by atoms with E-state index in [1.54, 1.807) is 18.8 Å². The van der Waals surface area contributed by atoms with Crippen LogP contribution >= 0.6 is 0 Å². The normalized spacial score (nSPS) is 10.8. The van der Waals surface area contributed by atoms with E-state index in [0.29, 0.717) is 12.3 Å². The number of aromatic nitrogens is 1. The lowest BCUT2D eigenvalue weighted by atomic mass is 9.94. The molecule has 1 aromatic heterocycles. The van der Waals surface area contributed by atoms with Crippen LogP contribution in [0.5, 0.6) is 0 Å². The van der Waals surface area contributed by atoms with E-state index >= 15 is 0 Å². The molecule has 140 valence electrons. The number of hydrogen-bond donors (Lipinski definition) is 2. The predicted molar refractivity (Wildman–Crippen MR) is 102 cm³/mol. The first-order valence-electron chi connectivity index (χ1n) is 8.72. The molecule has 1 heterocycles. The molecule has 0 amide bonds. The number of aromatic carboxylic acids is 1. The van der Waals surface area contributed by atoms with E-state index in [1.807, 2.05) is 13.0 Å². The summed E-state index contributed by atoms with van der Waals surface area (Å²) in [6.45, 7) is 4.65. The second kappa shape index (κ2) is 8.67. The SMILES string of the molecule is CCCCc1cc(C)c(-c2cc(=O)c(C(=O)O)cn2NC)cc1COC. The molecule has 2 aromatic rings. The lowest BCUT2D eigenvalue weighted by Gasteiger charge is -2.18. The highest BCUT2D eigenvalue weighted by molar-refractivity contribution is 5.87. The Hall–Kier alpha value is -2.60. The highest BCUT2D eigenvalue weighted by Gasteiger charge is 2.16. The number of methoxy groups -OCH3 is 1. The molecule has 6 nitrogen and oxygen atoms in total. The standard InChI is InChI=1S/C20H26N2O4/c1-5-6-7-14-8-13(2)16(9-15(14)12-26-4)18-10-19(23)17(20(24)25)11-22(18)21-3/h8-11,21H,5-7,12H2,1-4H3,(H,24,25). The first-order valence-corrected chi connectivity index (χ1v) is 8.72. The highest BCUT2D eigenvalue weighted by Crippen LogP contribution is 2.27. The maximum Gasteiger partial charge on any atom is 0.341 e. The van der Waals surface area contributed by atoms with Gasteiger partial charge in [0.05, 0.1) is 12.3 Å². The van der Waals surface area contributed by atoms with Crippen molar-refractivity contribution in [2.45, 2.75) is 39.7 Å². The number of benzene rings is 1. The fourth-order valence-electron chi connectivity index (χ4n) is 3.07. The number of unbranched alkanes of at least 4 members (excludes halogenated alkanes) is 1. The molecule has 0 fully saturated rings. The number of nitrogens with one attached hydrogen (secondary N) is 1. The minimum atomic E-state index is -1.24. The monoisotopic (exact) mass is 358 g/mol. The van der Waals surface area contributed by atoms with Crippen molar-refractivity contribution < 1.29 is 14.6 Å². The van der Waals surface area contributed by atoms with Crippen LogP contribution in [0.1, 0.15) is 46.8 Å².